The average Bonchev–Trinajstić information content (AvgIpc) is 2.69. The average molecular weight is 528 g/mol. The molecule has 0 heterocycles. The zero-order valence-corrected chi connectivity index (χ0v) is 20.2. The molecule has 2 aromatic carbocycles. The Kier molecular flexibility index (Phi) is 11.5. The molecule has 0 saturated heterocycles. The van der Waals surface area contributed by atoms with Crippen LogP contribution in [0.2, 0.25) is 0 Å². The first-order valence-electron chi connectivity index (χ1n) is 9.17. The Balaban J connectivity index is 0.00000420. The van der Waals surface area contributed by atoms with Crippen molar-refractivity contribution >= 4 is 47.6 Å². The van der Waals surface area contributed by atoms with E-state index in [2.05, 4.69) is 47.0 Å². The second-order valence-electron chi connectivity index (χ2n) is 6.27. The van der Waals surface area contributed by atoms with Gasteiger partial charge in [0.1, 0.15) is 5.75 Å². The van der Waals surface area contributed by atoms with Crippen molar-refractivity contribution < 1.29 is 9.53 Å². The van der Waals surface area contributed by atoms with Gasteiger partial charge in [-0.1, -0.05) is 24.3 Å². The Bertz CT molecular complexity index is 830. The molecule has 0 aliphatic heterocycles. The Morgan fingerprint density at radius 2 is 2.00 bits per heavy atom. The second kappa shape index (κ2) is 13.3. The molecule has 4 N–H and O–H groups in total. The van der Waals surface area contributed by atoms with Crippen molar-refractivity contribution in [2.45, 2.75) is 31.8 Å². The van der Waals surface area contributed by atoms with Gasteiger partial charge >= 0.3 is 0 Å². The van der Waals surface area contributed by atoms with Crippen LogP contribution in [0.25, 0.3) is 0 Å². The molecule has 158 valence electrons. The standard InChI is InChI=1S/C21H28N4O2S.HI/c1-4-23-21(25-13-17-9-8-15(2)10-19(17)28-3)24-12-16-6-5-7-18(11-16)27-14-20(22)26;/h5-11H,4,12-14H2,1-3H3,(H2,22,26)(H2,23,24,25);1H. The number of aliphatic imine (C=N–C) groups is 1. The smallest absolute Gasteiger partial charge is 0.255 e. The van der Waals surface area contributed by atoms with Crippen LogP contribution in [0.4, 0.5) is 0 Å². The van der Waals surface area contributed by atoms with Crippen LogP contribution in [0.3, 0.4) is 0 Å². The van der Waals surface area contributed by atoms with Crippen LogP contribution in [0.1, 0.15) is 23.6 Å². The van der Waals surface area contributed by atoms with E-state index < -0.39 is 5.91 Å². The van der Waals surface area contributed by atoms with Crippen molar-refractivity contribution in [3.8, 4) is 5.75 Å². The number of nitrogens with two attached hydrogens (primary N) is 1. The summed E-state index contributed by atoms with van der Waals surface area (Å²) in [5.74, 6) is 0.857. The number of amides is 1. The van der Waals surface area contributed by atoms with Gasteiger partial charge in [-0.15, -0.1) is 35.7 Å². The molecule has 0 atom stereocenters. The van der Waals surface area contributed by atoms with Gasteiger partial charge in [-0.3, -0.25) is 4.79 Å². The number of benzene rings is 2. The summed E-state index contributed by atoms with van der Waals surface area (Å²) in [5, 5.41) is 6.66. The number of nitrogens with one attached hydrogen (secondary N) is 2. The van der Waals surface area contributed by atoms with Crippen LogP contribution in [-0.4, -0.2) is 31.3 Å². The van der Waals surface area contributed by atoms with E-state index in [0.717, 1.165) is 18.1 Å². The van der Waals surface area contributed by atoms with Crippen LogP contribution >= 0.6 is 35.7 Å². The third-order valence-electron chi connectivity index (χ3n) is 3.93. The van der Waals surface area contributed by atoms with E-state index in [4.69, 9.17) is 10.5 Å². The third kappa shape index (κ3) is 8.95. The summed E-state index contributed by atoms with van der Waals surface area (Å²) < 4.78 is 5.35. The number of nitrogens with zero attached hydrogens (tertiary/aromatic N) is 1. The fourth-order valence-corrected chi connectivity index (χ4v) is 3.28. The van der Waals surface area contributed by atoms with E-state index in [0.29, 0.717) is 18.8 Å². The number of rotatable bonds is 9. The van der Waals surface area contributed by atoms with E-state index in [1.807, 2.05) is 25.1 Å². The molecule has 0 radical (unpaired) electrons. The number of aryl methyl sites for hydroxylation is 1. The maximum atomic E-state index is 10.9. The monoisotopic (exact) mass is 528 g/mol. The summed E-state index contributed by atoms with van der Waals surface area (Å²) in [6.45, 7) is 5.97. The van der Waals surface area contributed by atoms with Gasteiger partial charge in [0.15, 0.2) is 12.6 Å². The van der Waals surface area contributed by atoms with Gasteiger partial charge in [0.2, 0.25) is 0 Å². The van der Waals surface area contributed by atoms with Gasteiger partial charge in [-0.05, 0) is 55.0 Å². The van der Waals surface area contributed by atoms with Gasteiger partial charge in [0, 0.05) is 18.0 Å². The number of guanidine groups is 1. The summed E-state index contributed by atoms with van der Waals surface area (Å²) in [7, 11) is 0. The molecular weight excluding hydrogens is 499 g/mol. The highest BCUT2D eigenvalue weighted by atomic mass is 127. The minimum absolute atomic E-state index is 0. The predicted octanol–water partition coefficient (Wildman–Crippen LogP) is 3.45. The molecule has 0 unspecified atom stereocenters. The van der Waals surface area contributed by atoms with Gasteiger partial charge in [0.25, 0.3) is 5.91 Å². The van der Waals surface area contributed by atoms with Crippen molar-refractivity contribution in [2.75, 3.05) is 19.4 Å². The molecule has 0 aliphatic carbocycles. The molecule has 29 heavy (non-hydrogen) atoms. The Morgan fingerprint density at radius 1 is 1.21 bits per heavy atom. The summed E-state index contributed by atoms with van der Waals surface area (Å²) in [5.41, 5.74) is 8.60. The number of ether oxygens (including phenoxy) is 1. The summed E-state index contributed by atoms with van der Waals surface area (Å²) in [6, 6.07) is 14.0. The normalized spacial score (nSPS) is 10.8. The van der Waals surface area contributed by atoms with Crippen molar-refractivity contribution in [1.82, 2.24) is 10.6 Å². The highest BCUT2D eigenvalue weighted by Crippen LogP contribution is 2.21. The summed E-state index contributed by atoms with van der Waals surface area (Å²) in [6.07, 6.45) is 2.09. The Hall–Kier alpha value is -1.94. The van der Waals surface area contributed by atoms with Gasteiger partial charge < -0.3 is 21.1 Å². The molecule has 0 fully saturated rings. The van der Waals surface area contributed by atoms with E-state index in [1.165, 1.54) is 16.0 Å². The number of thioether (sulfide) groups is 1. The lowest BCUT2D eigenvalue weighted by atomic mass is 10.1. The number of hydrogen-bond donors (Lipinski definition) is 3. The molecular formula is C21H29IN4O2S. The lowest BCUT2D eigenvalue weighted by Gasteiger charge is -2.14. The van der Waals surface area contributed by atoms with Crippen LogP contribution < -0.4 is 21.1 Å². The fourth-order valence-electron chi connectivity index (χ4n) is 2.58. The van der Waals surface area contributed by atoms with Crippen LogP contribution in [-0.2, 0) is 17.9 Å². The van der Waals surface area contributed by atoms with Crippen molar-refractivity contribution in [3.63, 3.8) is 0 Å². The number of carbonyl (C=O) groups excluding carboxylic acids is 1. The maximum Gasteiger partial charge on any atom is 0.255 e. The van der Waals surface area contributed by atoms with Crippen LogP contribution in [0, 0.1) is 6.92 Å². The molecule has 0 aromatic heterocycles. The van der Waals surface area contributed by atoms with E-state index in [1.54, 1.807) is 17.8 Å². The third-order valence-corrected chi connectivity index (χ3v) is 4.75. The Morgan fingerprint density at radius 3 is 2.69 bits per heavy atom. The van der Waals surface area contributed by atoms with Crippen molar-refractivity contribution in [3.05, 3.63) is 59.2 Å². The quantitative estimate of drug-likeness (QED) is 0.201. The second-order valence-corrected chi connectivity index (χ2v) is 7.11. The van der Waals surface area contributed by atoms with Crippen LogP contribution in [0.5, 0.6) is 5.75 Å². The fraction of sp³-hybridized carbons (Fsp3) is 0.333. The number of halogens is 1. The van der Waals surface area contributed by atoms with E-state index in [9.17, 15) is 4.79 Å². The lowest BCUT2D eigenvalue weighted by molar-refractivity contribution is -0.119. The largest absolute Gasteiger partial charge is 0.484 e. The first kappa shape index (κ1) is 25.1. The summed E-state index contributed by atoms with van der Waals surface area (Å²) >= 11 is 1.75. The lowest BCUT2D eigenvalue weighted by Crippen LogP contribution is -2.36. The molecule has 0 spiro atoms. The molecule has 8 heteroatoms. The molecule has 1 amide bonds. The molecule has 0 aliphatic rings. The van der Waals surface area contributed by atoms with Crippen molar-refractivity contribution in [2.24, 2.45) is 10.7 Å². The SMILES string of the molecule is CCNC(=NCc1cccc(OCC(N)=O)c1)NCc1ccc(C)cc1SC.I. The minimum atomic E-state index is -0.497. The topological polar surface area (TPSA) is 88.7 Å². The molecule has 2 rings (SSSR count). The Labute approximate surface area is 194 Å². The molecule has 0 bridgehead atoms. The number of hydrogen-bond acceptors (Lipinski definition) is 4. The predicted molar refractivity (Wildman–Crippen MR) is 131 cm³/mol. The zero-order chi connectivity index (χ0) is 20.4. The first-order valence-corrected chi connectivity index (χ1v) is 10.4. The molecule has 6 nitrogen and oxygen atoms in total. The van der Waals surface area contributed by atoms with E-state index >= 15 is 0 Å². The highest BCUT2D eigenvalue weighted by molar-refractivity contribution is 14.0. The molecule has 2 aromatic rings. The highest BCUT2D eigenvalue weighted by Gasteiger charge is 2.05. The first-order chi connectivity index (χ1) is 13.5. The number of primary amides is 1. The number of carbonyl (C=O) groups is 1. The van der Waals surface area contributed by atoms with Gasteiger partial charge in [0.05, 0.1) is 6.54 Å². The maximum absolute atomic E-state index is 10.9. The van der Waals surface area contributed by atoms with Gasteiger partial charge in [-0.2, -0.15) is 0 Å². The van der Waals surface area contributed by atoms with Crippen LogP contribution in [0.15, 0.2) is 52.4 Å². The van der Waals surface area contributed by atoms with E-state index in [-0.39, 0.29) is 30.6 Å². The van der Waals surface area contributed by atoms with Crippen molar-refractivity contribution in [1.29, 1.82) is 0 Å². The summed E-state index contributed by atoms with van der Waals surface area (Å²) in [4.78, 5) is 16.8. The zero-order valence-electron chi connectivity index (χ0n) is 17.0. The molecule has 0 saturated carbocycles. The van der Waals surface area contributed by atoms with Gasteiger partial charge in [-0.25, -0.2) is 4.99 Å². The minimum Gasteiger partial charge on any atom is -0.484 e.